The van der Waals surface area contributed by atoms with E-state index in [1.807, 2.05) is 49.4 Å². The highest BCUT2D eigenvalue weighted by atomic mass is 14.8. The molecule has 1 aliphatic rings. The lowest BCUT2D eigenvalue weighted by atomic mass is 9.90. The van der Waals surface area contributed by atoms with Gasteiger partial charge in [0.25, 0.3) is 0 Å². The van der Waals surface area contributed by atoms with Crippen LogP contribution in [-0.2, 0) is 0 Å². The van der Waals surface area contributed by atoms with Crippen molar-refractivity contribution in [3.8, 4) is 11.1 Å². The molecule has 0 unspecified atom stereocenters. The Kier molecular flexibility index (Phi) is 7.24. The van der Waals surface area contributed by atoms with Gasteiger partial charge in [-0.05, 0) is 42.0 Å². The summed E-state index contributed by atoms with van der Waals surface area (Å²) in [4.78, 5) is 3.75. The molecule has 1 N–H and O–H groups in total. The van der Waals surface area contributed by atoms with Crippen molar-refractivity contribution >= 4 is 16.7 Å². The second-order valence-corrected chi connectivity index (χ2v) is 7.05. The molecule has 30 heavy (non-hydrogen) atoms. The fourth-order valence-electron chi connectivity index (χ4n) is 3.82. The normalized spacial score (nSPS) is 14.6. The molecule has 0 aliphatic heterocycles. The topological polar surface area (TPSA) is 15.8 Å². The molecule has 1 aliphatic carbocycles. The van der Waals surface area contributed by atoms with E-state index in [2.05, 4.69) is 73.3 Å². The van der Waals surface area contributed by atoms with Crippen LogP contribution in [0.25, 0.3) is 27.8 Å². The van der Waals surface area contributed by atoms with Crippen LogP contribution in [0.1, 0.15) is 36.7 Å². The van der Waals surface area contributed by atoms with Gasteiger partial charge in [0.05, 0.1) is 11.4 Å². The first-order chi connectivity index (χ1) is 14.7. The molecule has 1 aromatic carbocycles. The van der Waals surface area contributed by atoms with Crippen LogP contribution < -0.4 is 0 Å². The molecule has 0 spiro atoms. The smallest absolute Gasteiger partial charge is 0.0544 e. The SMILES string of the molecule is C=C/C=C(\C=C/C)c1[nH]c(C2=CCCC=C2)c(-c2ccccc2)c1/C(C=C)=C/C=C. The van der Waals surface area contributed by atoms with E-state index in [4.69, 9.17) is 0 Å². The van der Waals surface area contributed by atoms with Crippen LogP contribution in [0.5, 0.6) is 0 Å². The minimum atomic E-state index is 1.03. The number of hydrogen-bond donors (Lipinski definition) is 1. The van der Waals surface area contributed by atoms with Gasteiger partial charge in [0, 0.05) is 11.1 Å². The molecular weight excluding hydrogens is 362 g/mol. The van der Waals surface area contributed by atoms with Gasteiger partial charge in [-0.3, -0.25) is 0 Å². The van der Waals surface area contributed by atoms with E-state index in [-0.39, 0.29) is 0 Å². The quantitative estimate of drug-likeness (QED) is 0.435. The molecule has 1 heteroatoms. The highest BCUT2D eigenvalue weighted by Crippen LogP contribution is 2.42. The maximum absolute atomic E-state index is 4.09. The van der Waals surface area contributed by atoms with E-state index in [0.29, 0.717) is 0 Å². The minimum absolute atomic E-state index is 1.03. The summed E-state index contributed by atoms with van der Waals surface area (Å²) < 4.78 is 0. The molecule has 0 saturated carbocycles. The van der Waals surface area contributed by atoms with Gasteiger partial charge >= 0.3 is 0 Å². The summed E-state index contributed by atoms with van der Waals surface area (Å²) in [6.45, 7) is 14.0. The Morgan fingerprint density at radius 3 is 2.30 bits per heavy atom. The molecule has 1 nitrogen and oxygen atoms in total. The van der Waals surface area contributed by atoms with Crippen LogP contribution in [0.2, 0.25) is 0 Å². The second-order valence-electron chi connectivity index (χ2n) is 7.05. The summed E-state index contributed by atoms with van der Waals surface area (Å²) >= 11 is 0. The molecule has 0 atom stereocenters. The molecule has 0 bridgehead atoms. The van der Waals surface area contributed by atoms with Crippen molar-refractivity contribution in [2.75, 3.05) is 0 Å². The van der Waals surface area contributed by atoms with Crippen molar-refractivity contribution in [2.24, 2.45) is 0 Å². The highest BCUT2D eigenvalue weighted by molar-refractivity contribution is 5.99. The first-order valence-electron chi connectivity index (χ1n) is 10.3. The lowest BCUT2D eigenvalue weighted by molar-refractivity contribution is 1.04. The van der Waals surface area contributed by atoms with Gasteiger partial charge in [0.1, 0.15) is 0 Å². The Morgan fingerprint density at radius 1 is 0.967 bits per heavy atom. The Morgan fingerprint density at radius 2 is 1.70 bits per heavy atom. The zero-order valence-corrected chi connectivity index (χ0v) is 17.7. The van der Waals surface area contributed by atoms with Gasteiger partial charge in [0.2, 0.25) is 0 Å². The number of aromatic nitrogens is 1. The zero-order valence-electron chi connectivity index (χ0n) is 17.7. The fourth-order valence-corrected chi connectivity index (χ4v) is 3.82. The van der Waals surface area contributed by atoms with Gasteiger partial charge in [-0.1, -0.05) is 111 Å². The van der Waals surface area contributed by atoms with Crippen molar-refractivity contribution in [1.29, 1.82) is 0 Å². The third-order valence-corrected chi connectivity index (χ3v) is 5.08. The third kappa shape index (κ3) is 4.36. The summed E-state index contributed by atoms with van der Waals surface area (Å²) in [7, 11) is 0. The summed E-state index contributed by atoms with van der Waals surface area (Å²) in [5, 5.41) is 0. The summed E-state index contributed by atoms with van der Waals surface area (Å²) in [5.74, 6) is 0. The van der Waals surface area contributed by atoms with Crippen LogP contribution in [-0.4, -0.2) is 4.98 Å². The largest absolute Gasteiger partial charge is 0.354 e. The average Bonchev–Trinajstić information content (AvgIpc) is 3.19. The van der Waals surface area contributed by atoms with Gasteiger partial charge < -0.3 is 4.98 Å². The van der Waals surface area contributed by atoms with Gasteiger partial charge in [0.15, 0.2) is 0 Å². The lowest BCUT2D eigenvalue weighted by Gasteiger charge is -2.12. The van der Waals surface area contributed by atoms with E-state index < -0.39 is 0 Å². The monoisotopic (exact) mass is 391 g/mol. The van der Waals surface area contributed by atoms with E-state index in [1.54, 1.807) is 0 Å². The van der Waals surface area contributed by atoms with Crippen molar-refractivity contribution in [3.63, 3.8) is 0 Å². The van der Waals surface area contributed by atoms with Crippen LogP contribution in [0.4, 0.5) is 0 Å². The van der Waals surface area contributed by atoms with Crippen molar-refractivity contribution in [2.45, 2.75) is 19.8 Å². The third-order valence-electron chi connectivity index (χ3n) is 5.08. The lowest BCUT2D eigenvalue weighted by Crippen LogP contribution is -1.91. The number of benzene rings is 1. The highest BCUT2D eigenvalue weighted by Gasteiger charge is 2.23. The Labute approximate surface area is 180 Å². The summed E-state index contributed by atoms with van der Waals surface area (Å²) in [6.07, 6.45) is 22.6. The second kappa shape index (κ2) is 10.3. The first-order valence-corrected chi connectivity index (χ1v) is 10.3. The fraction of sp³-hybridized carbons (Fsp3) is 0.103. The summed E-state index contributed by atoms with van der Waals surface area (Å²) in [6, 6.07) is 10.5. The first kappa shape index (κ1) is 21.1. The number of H-pyrrole nitrogens is 1. The molecular formula is C29H29N. The number of hydrogen-bond acceptors (Lipinski definition) is 0. The number of rotatable bonds is 8. The molecule has 1 heterocycles. The van der Waals surface area contributed by atoms with Crippen LogP contribution in [0.15, 0.2) is 111 Å². The summed E-state index contributed by atoms with van der Waals surface area (Å²) in [5.41, 5.74) is 8.96. The van der Waals surface area contributed by atoms with Gasteiger partial charge in [-0.25, -0.2) is 0 Å². The molecule has 0 radical (unpaired) electrons. The predicted octanol–water partition coefficient (Wildman–Crippen LogP) is 8.32. The van der Waals surface area contributed by atoms with Gasteiger partial charge in [-0.15, -0.1) is 0 Å². The Bertz CT molecular complexity index is 1080. The van der Waals surface area contributed by atoms with E-state index in [1.165, 1.54) is 16.7 Å². The number of allylic oxidation sites excluding steroid dienone is 13. The van der Waals surface area contributed by atoms with E-state index in [0.717, 1.165) is 40.9 Å². The molecule has 3 rings (SSSR count). The van der Waals surface area contributed by atoms with E-state index >= 15 is 0 Å². The van der Waals surface area contributed by atoms with Crippen LogP contribution in [0, 0.1) is 0 Å². The van der Waals surface area contributed by atoms with Gasteiger partial charge in [-0.2, -0.15) is 0 Å². The number of nitrogens with one attached hydrogen (secondary N) is 1. The molecule has 150 valence electrons. The van der Waals surface area contributed by atoms with Crippen molar-refractivity contribution in [3.05, 3.63) is 128 Å². The van der Waals surface area contributed by atoms with E-state index in [9.17, 15) is 0 Å². The molecule has 0 amide bonds. The minimum Gasteiger partial charge on any atom is -0.354 e. The maximum Gasteiger partial charge on any atom is 0.0544 e. The maximum atomic E-state index is 4.09. The Hall–Kier alpha value is -3.58. The molecule has 0 saturated heterocycles. The van der Waals surface area contributed by atoms with Crippen LogP contribution in [0.3, 0.4) is 0 Å². The van der Waals surface area contributed by atoms with Crippen molar-refractivity contribution in [1.82, 2.24) is 4.98 Å². The Balaban J connectivity index is 2.46. The number of aromatic amines is 1. The molecule has 0 fully saturated rings. The molecule has 2 aromatic rings. The molecule has 1 aromatic heterocycles. The van der Waals surface area contributed by atoms with Crippen molar-refractivity contribution < 1.29 is 0 Å². The predicted molar refractivity (Wildman–Crippen MR) is 134 cm³/mol. The zero-order chi connectivity index (χ0) is 21.3. The standard InChI is InChI=1S/C29H29N/c1-5-15-22(8-4)26-27(23-18-11-9-12-19-23)29(25-20-13-10-14-21-25)30-28(26)24(16-6-2)17-7-3/h5-9,11-13,15-21,30H,1-2,4,10,14H2,3H3/b17-7-,22-15+,24-16+. The average molecular weight is 392 g/mol. The van der Waals surface area contributed by atoms with Crippen LogP contribution >= 0.6 is 0 Å².